The number of aryl methyl sites for hydroxylation is 1. The lowest BCUT2D eigenvalue weighted by Gasteiger charge is -2.20. The second-order valence-corrected chi connectivity index (χ2v) is 8.31. The molecule has 0 fully saturated rings. The summed E-state index contributed by atoms with van der Waals surface area (Å²) in [6, 6.07) is 12.7. The monoisotopic (exact) mass is 412 g/mol. The molecule has 0 saturated carbocycles. The molecule has 1 N–H and O–H groups in total. The van der Waals surface area contributed by atoms with Crippen molar-refractivity contribution in [1.29, 1.82) is 0 Å². The Hall–Kier alpha value is -2.77. The summed E-state index contributed by atoms with van der Waals surface area (Å²) in [5, 5.41) is 0.696. The first kappa shape index (κ1) is 21.0. The fourth-order valence-corrected chi connectivity index (χ4v) is 4.12. The Morgan fingerprint density at radius 1 is 1.10 bits per heavy atom. The SMILES string of the molecule is COC(=O)c1ccc(C(=O)N(CCC[NH+](C)C)c2nc3ccc(C)cc3s2)cc1. The van der Waals surface area contributed by atoms with Gasteiger partial charge in [-0.2, -0.15) is 0 Å². The molecule has 1 aromatic heterocycles. The van der Waals surface area contributed by atoms with Crippen LogP contribution >= 0.6 is 11.3 Å². The molecule has 7 heteroatoms. The van der Waals surface area contributed by atoms with Crippen molar-refractivity contribution in [3.63, 3.8) is 0 Å². The van der Waals surface area contributed by atoms with Crippen molar-refractivity contribution in [2.24, 2.45) is 0 Å². The summed E-state index contributed by atoms with van der Waals surface area (Å²) < 4.78 is 5.79. The number of thiazole rings is 1. The number of anilines is 1. The van der Waals surface area contributed by atoms with Gasteiger partial charge in [0.15, 0.2) is 5.13 Å². The summed E-state index contributed by atoms with van der Waals surface area (Å²) in [7, 11) is 5.53. The standard InChI is InChI=1S/C22H25N3O3S/c1-15-6-11-18-19(14-15)29-22(23-18)25(13-5-12-24(2)3)20(26)16-7-9-17(10-8-16)21(27)28-4/h6-11,14H,5,12-13H2,1-4H3/p+1. The minimum Gasteiger partial charge on any atom is -0.465 e. The van der Waals surface area contributed by atoms with Crippen LogP contribution in [0, 0.1) is 6.92 Å². The molecule has 29 heavy (non-hydrogen) atoms. The molecule has 0 aliphatic rings. The third-order valence-corrected chi connectivity index (χ3v) is 5.66. The average Bonchev–Trinajstić information content (AvgIpc) is 3.12. The first-order valence-corrected chi connectivity index (χ1v) is 10.4. The number of benzene rings is 2. The minimum atomic E-state index is -0.420. The Labute approximate surface area is 174 Å². The van der Waals surface area contributed by atoms with E-state index < -0.39 is 5.97 Å². The molecule has 1 amide bonds. The van der Waals surface area contributed by atoms with Gasteiger partial charge in [-0.25, -0.2) is 9.78 Å². The molecule has 0 radical (unpaired) electrons. The first-order chi connectivity index (χ1) is 13.9. The third kappa shape index (κ3) is 4.99. The van der Waals surface area contributed by atoms with Crippen LogP contribution in [0.2, 0.25) is 0 Å². The lowest BCUT2D eigenvalue weighted by molar-refractivity contribution is -0.858. The predicted molar refractivity (Wildman–Crippen MR) is 116 cm³/mol. The van der Waals surface area contributed by atoms with Gasteiger partial charge in [0.05, 0.1) is 43.5 Å². The van der Waals surface area contributed by atoms with E-state index in [9.17, 15) is 9.59 Å². The van der Waals surface area contributed by atoms with Gasteiger partial charge in [0.2, 0.25) is 0 Å². The zero-order valence-corrected chi connectivity index (χ0v) is 18.0. The second kappa shape index (κ2) is 9.15. The number of nitrogens with zero attached hydrogens (tertiary/aromatic N) is 2. The van der Waals surface area contributed by atoms with Gasteiger partial charge in [-0.3, -0.25) is 9.69 Å². The fourth-order valence-electron chi connectivity index (χ4n) is 3.03. The number of ether oxygens (including phenoxy) is 1. The quantitative estimate of drug-likeness (QED) is 0.606. The van der Waals surface area contributed by atoms with E-state index in [0.29, 0.717) is 22.8 Å². The van der Waals surface area contributed by atoms with Crippen LogP contribution in [0.1, 0.15) is 32.7 Å². The van der Waals surface area contributed by atoms with E-state index in [1.807, 2.05) is 19.1 Å². The van der Waals surface area contributed by atoms with Crippen molar-refractivity contribution >= 4 is 38.6 Å². The Morgan fingerprint density at radius 2 is 1.79 bits per heavy atom. The number of aromatic nitrogens is 1. The molecule has 0 bridgehead atoms. The first-order valence-electron chi connectivity index (χ1n) is 9.55. The molecule has 3 aromatic rings. The Morgan fingerprint density at radius 3 is 2.45 bits per heavy atom. The summed E-state index contributed by atoms with van der Waals surface area (Å²) in [4.78, 5) is 32.7. The van der Waals surface area contributed by atoms with E-state index in [1.165, 1.54) is 28.9 Å². The summed E-state index contributed by atoms with van der Waals surface area (Å²) >= 11 is 1.53. The summed E-state index contributed by atoms with van der Waals surface area (Å²) in [6.45, 7) is 3.58. The lowest BCUT2D eigenvalue weighted by Crippen LogP contribution is -3.05. The molecule has 0 aliphatic carbocycles. The predicted octanol–water partition coefficient (Wildman–Crippen LogP) is 2.57. The third-order valence-electron chi connectivity index (χ3n) is 4.62. The summed E-state index contributed by atoms with van der Waals surface area (Å²) in [5.41, 5.74) is 3.00. The summed E-state index contributed by atoms with van der Waals surface area (Å²) in [5.74, 6) is -0.540. The van der Waals surface area contributed by atoms with Crippen molar-refractivity contribution in [2.75, 3.05) is 39.2 Å². The van der Waals surface area contributed by atoms with E-state index in [-0.39, 0.29) is 5.91 Å². The number of carbonyl (C=O) groups excluding carboxylic acids is 2. The van der Waals surface area contributed by atoms with Crippen LogP contribution in [0.3, 0.4) is 0 Å². The van der Waals surface area contributed by atoms with Gasteiger partial charge in [0.25, 0.3) is 5.91 Å². The van der Waals surface area contributed by atoms with Crippen LogP contribution in [0.5, 0.6) is 0 Å². The molecular weight excluding hydrogens is 386 g/mol. The van der Waals surface area contributed by atoms with Crippen molar-refractivity contribution in [1.82, 2.24) is 4.98 Å². The second-order valence-electron chi connectivity index (χ2n) is 7.30. The van der Waals surface area contributed by atoms with Crippen LogP contribution in [0.25, 0.3) is 10.2 Å². The van der Waals surface area contributed by atoms with Gasteiger partial charge in [-0.05, 0) is 48.9 Å². The molecule has 0 spiro atoms. The van der Waals surface area contributed by atoms with Crippen LogP contribution in [-0.2, 0) is 4.74 Å². The van der Waals surface area contributed by atoms with Gasteiger partial charge in [0.1, 0.15) is 0 Å². The van der Waals surface area contributed by atoms with Crippen LogP contribution < -0.4 is 9.80 Å². The number of hydrogen-bond acceptors (Lipinski definition) is 5. The van der Waals surface area contributed by atoms with Gasteiger partial charge >= 0.3 is 5.97 Å². The summed E-state index contributed by atoms with van der Waals surface area (Å²) in [6.07, 6.45) is 0.864. The number of carbonyl (C=O) groups is 2. The van der Waals surface area contributed by atoms with E-state index >= 15 is 0 Å². The van der Waals surface area contributed by atoms with Gasteiger partial charge < -0.3 is 9.64 Å². The molecule has 1 heterocycles. The zero-order chi connectivity index (χ0) is 21.0. The molecule has 0 unspecified atom stereocenters. The number of fused-ring (bicyclic) bond motifs is 1. The number of nitrogens with one attached hydrogen (secondary N) is 1. The molecule has 0 aliphatic heterocycles. The van der Waals surface area contributed by atoms with E-state index in [0.717, 1.165) is 23.2 Å². The maximum atomic E-state index is 13.3. The van der Waals surface area contributed by atoms with Crippen LogP contribution in [-0.4, -0.2) is 51.2 Å². The Bertz CT molecular complexity index is 1010. The van der Waals surface area contributed by atoms with Gasteiger partial charge in [-0.15, -0.1) is 0 Å². The molecule has 2 aromatic carbocycles. The van der Waals surface area contributed by atoms with Crippen molar-refractivity contribution in [3.05, 3.63) is 59.2 Å². The number of rotatable bonds is 7. The van der Waals surface area contributed by atoms with Gasteiger partial charge in [-0.1, -0.05) is 17.4 Å². The number of amides is 1. The smallest absolute Gasteiger partial charge is 0.337 e. The molecule has 6 nitrogen and oxygen atoms in total. The number of hydrogen-bond donors (Lipinski definition) is 1. The maximum absolute atomic E-state index is 13.3. The van der Waals surface area contributed by atoms with Crippen LogP contribution in [0.15, 0.2) is 42.5 Å². The highest BCUT2D eigenvalue weighted by atomic mass is 32.1. The topological polar surface area (TPSA) is 63.9 Å². The molecular formula is C22H26N3O3S+. The highest BCUT2D eigenvalue weighted by Gasteiger charge is 2.22. The molecule has 152 valence electrons. The molecule has 3 rings (SSSR count). The highest BCUT2D eigenvalue weighted by molar-refractivity contribution is 7.22. The Balaban J connectivity index is 1.91. The van der Waals surface area contributed by atoms with E-state index in [1.54, 1.807) is 29.2 Å². The van der Waals surface area contributed by atoms with Crippen molar-refractivity contribution in [3.8, 4) is 0 Å². The average molecular weight is 413 g/mol. The zero-order valence-electron chi connectivity index (χ0n) is 17.2. The normalized spacial score (nSPS) is 11.1. The highest BCUT2D eigenvalue weighted by Crippen LogP contribution is 2.30. The lowest BCUT2D eigenvalue weighted by atomic mass is 10.1. The maximum Gasteiger partial charge on any atom is 0.337 e. The van der Waals surface area contributed by atoms with Crippen LogP contribution in [0.4, 0.5) is 5.13 Å². The largest absolute Gasteiger partial charge is 0.465 e. The van der Waals surface area contributed by atoms with Crippen molar-refractivity contribution in [2.45, 2.75) is 13.3 Å². The van der Waals surface area contributed by atoms with E-state index in [2.05, 4.69) is 20.2 Å². The molecule has 0 atom stereocenters. The number of quaternary nitrogens is 1. The number of methoxy groups -OCH3 is 1. The fraction of sp³-hybridized carbons (Fsp3) is 0.318. The van der Waals surface area contributed by atoms with Crippen molar-refractivity contribution < 1.29 is 19.2 Å². The Kier molecular flexibility index (Phi) is 6.61. The van der Waals surface area contributed by atoms with E-state index in [4.69, 9.17) is 9.72 Å². The molecule has 0 saturated heterocycles. The van der Waals surface area contributed by atoms with Gasteiger partial charge in [0, 0.05) is 18.5 Å². The minimum absolute atomic E-state index is 0.119. The number of esters is 1.